The van der Waals surface area contributed by atoms with Gasteiger partial charge in [0.1, 0.15) is 10.1 Å². The standard InChI is InChI=1S/C12H11NO2S2/c1-6-3-7(2)10(14)8(4-6)5-9-11(15)13-12(16)17-9/h3-5,14H,1-2H3,(H,13,15,16)/b9-5-. The third kappa shape index (κ3) is 2.50. The van der Waals surface area contributed by atoms with Crippen molar-refractivity contribution in [3.05, 3.63) is 33.7 Å². The largest absolute Gasteiger partial charge is 0.507 e. The Labute approximate surface area is 109 Å². The Morgan fingerprint density at radius 1 is 1.41 bits per heavy atom. The molecule has 3 nitrogen and oxygen atoms in total. The molecule has 1 aromatic carbocycles. The predicted octanol–water partition coefficient (Wildman–Crippen LogP) is 2.50. The number of carbonyl (C=O) groups excluding carboxylic acids is 1. The molecule has 0 aromatic heterocycles. The minimum absolute atomic E-state index is 0.203. The number of nitrogens with one attached hydrogen (secondary N) is 1. The van der Waals surface area contributed by atoms with Crippen molar-refractivity contribution in [3.8, 4) is 5.75 Å². The van der Waals surface area contributed by atoms with E-state index in [1.807, 2.05) is 26.0 Å². The van der Waals surface area contributed by atoms with E-state index >= 15 is 0 Å². The summed E-state index contributed by atoms with van der Waals surface area (Å²) in [5.41, 5.74) is 2.48. The van der Waals surface area contributed by atoms with Gasteiger partial charge in [-0.1, -0.05) is 35.6 Å². The topological polar surface area (TPSA) is 49.3 Å². The lowest BCUT2D eigenvalue weighted by molar-refractivity contribution is -0.115. The van der Waals surface area contributed by atoms with Crippen molar-refractivity contribution in [1.82, 2.24) is 5.32 Å². The van der Waals surface area contributed by atoms with Gasteiger partial charge in [0.2, 0.25) is 0 Å². The van der Waals surface area contributed by atoms with E-state index in [1.165, 1.54) is 11.8 Å². The highest BCUT2D eigenvalue weighted by Crippen LogP contribution is 2.31. The van der Waals surface area contributed by atoms with Crippen LogP contribution in [0.5, 0.6) is 5.75 Å². The fraction of sp³-hybridized carbons (Fsp3) is 0.167. The monoisotopic (exact) mass is 265 g/mol. The summed E-state index contributed by atoms with van der Waals surface area (Å²) in [6.07, 6.45) is 1.66. The second kappa shape index (κ2) is 4.50. The Balaban J connectivity index is 2.46. The SMILES string of the molecule is Cc1cc(C)c(O)c(/C=C2\SC(=S)NC2=O)c1. The lowest BCUT2D eigenvalue weighted by Crippen LogP contribution is -2.17. The van der Waals surface area contributed by atoms with Gasteiger partial charge in [-0.05, 0) is 31.6 Å². The lowest BCUT2D eigenvalue weighted by atomic mass is 10.1. The summed E-state index contributed by atoms with van der Waals surface area (Å²) in [7, 11) is 0. The summed E-state index contributed by atoms with van der Waals surface area (Å²) in [5, 5.41) is 12.5. The van der Waals surface area contributed by atoms with Crippen molar-refractivity contribution in [2.75, 3.05) is 0 Å². The van der Waals surface area contributed by atoms with Crippen molar-refractivity contribution in [1.29, 1.82) is 0 Å². The number of rotatable bonds is 1. The Morgan fingerprint density at radius 2 is 2.12 bits per heavy atom. The number of aryl methyl sites for hydroxylation is 2. The molecule has 5 heteroatoms. The van der Waals surface area contributed by atoms with Crippen LogP contribution in [-0.2, 0) is 4.79 Å². The van der Waals surface area contributed by atoms with Crippen LogP contribution in [0.4, 0.5) is 0 Å². The maximum Gasteiger partial charge on any atom is 0.263 e. The highest BCUT2D eigenvalue weighted by atomic mass is 32.2. The molecule has 0 spiro atoms. The van der Waals surface area contributed by atoms with Gasteiger partial charge in [0.25, 0.3) is 5.91 Å². The number of hydrogen-bond donors (Lipinski definition) is 2. The fourth-order valence-electron chi connectivity index (χ4n) is 1.67. The summed E-state index contributed by atoms with van der Waals surface area (Å²) in [5.74, 6) is -0.00659. The van der Waals surface area contributed by atoms with Crippen LogP contribution in [0.25, 0.3) is 6.08 Å². The molecule has 88 valence electrons. The molecule has 1 amide bonds. The summed E-state index contributed by atoms with van der Waals surface area (Å²) >= 11 is 6.11. The molecule has 0 saturated carbocycles. The molecule has 0 aliphatic carbocycles. The van der Waals surface area contributed by atoms with Gasteiger partial charge in [0.15, 0.2) is 0 Å². The molecule has 17 heavy (non-hydrogen) atoms. The molecule has 1 aromatic rings. The van der Waals surface area contributed by atoms with Gasteiger partial charge in [-0.15, -0.1) is 0 Å². The summed E-state index contributed by atoms with van der Waals surface area (Å²) in [6, 6.07) is 3.73. The Kier molecular flexibility index (Phi) is 3.22. The van der Waals surface area contributed by atoms with E-state index in [1.54, 1.807) is 6.08 Å². The van der Waals surface area contributed by atoms with Gasteiger partial charge in [-0.25, -0.2) is 0 Å². The molecule has 1 fully saturated rings. The van der Waals surface area contributed by atoms with Crippen molar-refractivity contribution in [3.63, 3.8) is 0 Å². The Bertz CT molecular complexity index is 550. The van der Waals surface area contributed by atoms with Gasteiger partial charge in [-0.2, -0.15) is 0 Å². The molecule has 0 unspecified atom stereocenters. The number of phenols is 1. The second-order valence-corrected chi connectivity index (χ2v) is 5.59. The predicted molar refractivity (Wildman–Crippen MR) is 73.9 cm³/mol. The van der Waals surface area contributed by atoms with Crippen molar-refractivity contribution in [2.45, 2.75) is 13.8 Å². The number of phenolic OH excluding ortho intramolecular Hbond substituents is 1. The Morgan fingerprint density at radius 3 is 2.71 bits per heavy atom. The second-order valence-electron chi connectivity index (χ2n) is 3.87. The zero-order valence-corrected chi connectivity index (χ0v) is 11.0. The number of hydrogen-bond acceptors (Lipinski definition) is 4. The molecule has 1 saturated heterocycles. The van der Waals surface area contributed by atoms with Gasteiger partial charge in [0.05, 0.1) is 4.91 Å². The van der Waals surface area contributed by atoms with Crippen LogP contribution in [0.15, 0.2) is 17.0 Å². The summed E-state index contributed by atoms with van der Waals surface area (Å²) in [4.78, 5) is 12.0. The third-order valence-electron chi connectivity index (χ3n) is 2.40. The lowest BCUT2D eigenvalue weighted by Gasteiger charge is -2.05. The molecule has 2 N–H and O–H groups in total. The highest BCUT2D eigenvalue weighted by molar-refractivity contribution is 8.26. The summed E-state index contributed by atoms with van der Waals surface area (Å²) < 4.78 is 0.449. The van der Waals surface area contributed by atoms with Crippen LogP contribution in [-0.4, -0.2) is 15.3 Å². The average Bonchev–Trinajstić information content (AvgIpc) is 2.53. The number of aromatic hydroxyl groups is 1. The van der Waals surface area contributed by atoms with E-state index in [0.717, 1.165) is 11.1 Å². The highest BCUT2D eigenvalue weighted by Gasteiger charge is 2.22. The first-order chi connectivity index (χ1) is 7.97. The van der Waals surface area contributed by atoms with Crippen LogP contribution in [0, 0.1) is 13.8 Å². The van der Waals surface area contributed by atoms with E-state index in [2.05, 4.69) is 5.32 Å². The van der Waals surface area contributed by atoms with Gasteiger partial charge >= 0.3 is 0 Å². The molecular weight excluding hydrogens is 254 g/mol. The third-order valence-corrected chi connectivity index (χ3v) is 3.57. The Hall–Kier alpha value is -1.33. The minimum Gasteiger partial charge on any atom is -0.507 e. The molecule has 1 heterocycles. The van der Waals surface area contributed by atoms with Crippen molar-refractivity contribution < 1.29 is 9.90 Å². The number of benzene rings is 1. The molecule has 0 radical (unpaired) electrons. The first-order valence-corrected chi connectivity index (χ1v) is 6.25. The maximum atomic E-state index is 11.5. The van der Waals surface area contributed by atoms with Crippen LogP contribution in [0.2, 0.25) is 0 Å². The van der Waals surface area contributed by atoms with Gasteiger partial charge in [0, 0.05) is 5.56 Å². The van der Waals surface area contributed by atoms with Crippen LogP contribution in [0.1, 0.15) is 16.7 Å². The van der Waals surface area contributed by atoms with E-state index in [-0.39, 0.29) is 11.7 Å². The maximum absolute atomic E-state index is 11.5. The zero-order chi connectivity index (χ0) is 12.6. The smallest absolute Gasteiger partial charge is 0.263 e. The van der Waals surface area contributed by atoms with Gasteiger partial charge < -0.3 is 10.4 Å². The van der Waals surface area contributed by atoms with Crippen LogP contribution in [0.3, 0.4) is 0 Å². The van der Waals surface area contributed by atoms with E-state index in [9.17, 15) is 9.90 Å². The van der Waals surface area contributed by atoms with Crippen LogP contribution < -0.4 is 5.32 Å². The van der Waals surface area contributed by atoms with Crippen molar-refractivity contribution in [2.24, 2.45) is 0 Å². The van der Waals surface area contributed by atoms with Crippen LogP contribution >= 0.6 is 24.0 Å². The minimum atomic E-state index is -0.210. The van der Waals surface area contributed by atoms with Gasteiger partial charge in [-0.3, -0.25) is 4.79 Å². The molecule has 0 bridgehead atoms. The molecule has 2 rings (SSSR count). The van der Waals surface area contributed by atoms with Crippen molar-refractivity contribution >= 4 is 40.3 Å². The normalized spacial score (nSPS) is 17.6. The van der Waals surface area contributed by atoms with E-state index in [0.29, 0.717) is 14.8 Å². The molecule has 1 aliphatic rings. The quantitative estimate of drug-likeness (QED) is 0.605. The number of carbonyl (C=O) groups is 1. The molecule has 0 atom stereocenters. The fourth-order valence-corrected chi connectivity index (χ4v) is 2.70. The number of amides is 1. The molecule has 1 aliphatic heterocycles. The summed E-state index contributed by atoms with van der Waals surface area (Å²) in [6.45, 7) is 3.78. The first-order valence-electron chi connectivity index (χ1n) is 5.02. The molecular formula is C12H11NO2S2. The number of thiocarbonyl (C=S) groups is 1. The van der Waals surface area contributed by atoms with E-state index in [4.69, 9.17) is 12.2 Å². The number of thioether (sulfide) groups is 1. The zero-order valence-electron chi connectivity index (χ0n) is 9.40. The average molecular weight is 265 g/mol. The van der Waals surface area contributed by atoms with E-state index < -0.39 is 0 Å². The first kappa shape index (κ1) is 12.1.